The van der Waals surface area contributed by atoms with Gasteiger partial charge in [-0.1, -0.05) is 29.8 Å². The highest BCUT2D eigenvalue weighted by molar-refractivity contribution is 9.10. The zero-order valence-electron chi connectivity index (χ0n) is 12.4. The van der Waals surface area contributed by atoms with Crippen LogP contribution in [0.4, 0.5) is 0 Å². The van der Waals surface area contributed by atoms with Crippen molar-refractivity contribution in [1.29, 1.82) is 0 Å². The van der Waals surface area contributed by atoms with Gasteiger partial charge in [-0.3, -0.25) is 0 Å². The van der Waals surface area contributed by atoms with Gasteiger partial charge in [0.15, 0.2) is 9.84 Å². The minimum Gasteiger partial charge on any atom is -0.492 e. The highest BCUT2D eigenvalue weighted by Gasteiger charge is 2.27. The molecule has 1 saturated heterocycles. The molecule has 4 nitrogen and oxygen atoms in total. The lowest BCUT2D eigenvalue weighted by Gasteiger charge is -2.16. The first-order valence-electron chi connectivity index (χ1n) is 7.23. The third-order valence-electron chi connectivity index (χ3n) is 3.62. The molecule has 0 saturated carbocycles. The third kappa shape index (κ3) is 4.97. The highest BCUT2D eigenvalue weighted by atomic mass is 79.9. The summed E-state index contributed by atoms with van der Waals surface area (Å²) >= 11 is 3.48. The van der Waals surface area contributed by atoms with Gasteiger partial charge < -0.3 is 10.1 Å². The average molecular weight is 376 g/mol. The van der Waals surface area contributed by atoms with Crippen molar-refractivity contribution < 1.29 is 13.2 Å². The summed E-state index contributed by atoms with van der Waals surface area (Å²) in [5.41, 5.74) is 1.17. The van der Waals surface area contributed by atoms with Crippen molar-refractivity contribution in [3.05, 3.63) is 28.2 Å². The molecule has 0 radical (unpaired) electrons. The van der Waals surface area contributed by atoms with Crippen LogP contribution in [0, 0.1) is 0 Å². The molecule has 2 rings (SSSR count). The Kier molecular flexibility index (Phi) is 5.68. The van der Waals surface area contributed by atoms with Gasteiger partial charge in [-0.15, -0.1) is 0 Å². The largest absolute Gasteiger partial charge is 0.492 e. The van der Waals surface area contributed by atoms with E-state index in [0.29, 0.717) is 31.2 Å². The molecule has 1 fully saturated rings. The van der Waals surface area contributed by atoms with Crippen molar-refractivity contribution >= 4 is 25.8 Å². The van der Waals surface area contributed by atoms with Crippen LogP contribution in [0.15, 0.2) is 22.7 Å². The number of halogens is 1. The summed E-state index contributed by atoms with van der Waals surface area (Å²) in [6.45, 7) is 5.47. The van der Waals surface area contributed by atoms with E-state index < -0.39 is 9.84 Å². The molecule has 1 aliphatic rings. The second kappa shape index (κ2) is 7.11. The van der Waals surface area contributed by atoms with E-state index in [2.05, 4.69) is 41.2 Å². The maximum Gasteiger partial charge on any atom is 0.151 e. The summed E-state index contributed by atoms with van der Waals surface area (Å²) in [7, 11) is -2.82. The van der Waals surface area contributed by atoms with E-state index in [1.54, 1.807) is 0 Å². The minimum atomic E-state index is -2.82. The number of nitrogens with one attached hydrogen (secondary N) is 1. The molecule has 1 atom stereocenters. The van der Waals surface area contributed by atoms with E-state index in [-0.39, 0.29) is 11.8 Å². The smallest absolute Gasteiger partial charge is 0.151 e. The van der Waals surface area contributed by atoms with E-state index in [0.717, 1.165) is 10.2 Å². The van der Waals surface area contributed by atoms with E-state index >= 15 is 0 Å². The van der Waals surface area contributed by atoms with Crippen LogP contribution < -0.4 is 10.1 Å². The molecule has 1 aliphatic heterocycles. The standard InChI is InChI=1S/C15H22BrNO3S/c1-11(2)14-9-12(16)3-4-15(14)20-7-6-17-13-5-8-21(18,19)10-13/h3-4,9,11,13,17H,5-8,10H2,1-2H3. The Balaban J connectivity index is 1.81. The number of ether oxygens (including phenoxy) is 1. The SMILES string of the molecule is CC(C)c1cc(Br)ccc1OCCNC1CCS(=O)(=O)C1. The predicted molar refractivity (Wildman–Crippen MR) is 88.8 cm³/mol. The topological polar surface area (TPSA) is 55.4 Å². The molecule has 1 aromatic rings. The maximum absolute atomic E-state index is 11.4. The normalized spacial score (nSPS) is 20.9. The van der Waals surface area contributed by atoms with Crippen LogP contribution >= 0.6 is 15.9 Å². The lowest BCUT2D eigenvalue weighted by atomic mass is 10.0. The number of hydrogen-bond donors (Lipinski definition) is 1. The first kappa shape index (κ1) is 16.8. The van der Waals surface area contributed by atoms with Gasteiger partial charge in [0, 0.05) is 17.1 Å². The van der Waals surface area contributed by atoms with Gasteiger partial charge in [0.05, 0.1) is 11.5 Å². The van der Waals surface area contributed by atoms with Crippen molar-refractivity contribution in [3.63, 3.8) is 0 Å². The molecule has 21 heavy (non-hydrogen) atoms. The fourth-order valence-electron chi connectivity index (χ4n) is 2.48. The Morgan fingerprint density at radius 3 is 2.81 bits per heavy atom. The van der Waals surface area contributed by atoms with Crippen molar-refractivity contribution in [2.45, 2.75) is 32.2 Å². The van der Waals surface area contributed by atoms with Crippen LogP contribution in [0.1, 0.15) is 31.7 Å². The van der Waals surface area contributed by atoms with Gasteiger partial charge in [-0.25, -0.2) is 8.42 Å². The molecule has 6 heteroatoms. The summed E-state index contributed by atoms with van der Waals surface area (Å²) in [4.78, 5) is 0. The van der Waals surface area contributed by atoms with Crippen LogP contribution in [0.3, 0.4) is 0 Å². The Labute approximate surface area is 135 Å². The van der Waals surface area contributed by atoms with Crippen LogP contribution in [0.2, 0.25) is 0 Å². The predicted octanol–water partition coefficient (Wildman–Crippen LogP) is 2.73. The summed E-state index contributed by atoms with van der Waals surface area (Å²) in [6.07, 6.45) is 0.706. The van der Waals surface area contributed by atoms with E-state index in [1.165, 1.54) is 5.56 Å². The fraction of sp³-hybridized carbons (Fsp3) is 0.600. The highest BCUT2D eigenvalue weighted by Crippen LogP contribution is 2.29. The van der Waals surface area contributed by atoms with Crippen molar-refractivity contribution in [1.82, 2.24) is 5.32 Å². The summed E-state index contributed by atoms with van der Waals surface area (Å²) in [5.74, 6) is 1.85. The molecule has 1 aromatic carbocycles. The Morgan fingerprint density at radius 1 is 1.43 bits per heavy atom. The summed E-state index contributed by atoms with van der Waals surface area (Å²) < 4.78 is 29.6. The summed E-state index contributed by atoms with van der Waals surface area (Å²) in [5, 5.41) is 3.25. The molecule has 1 heterocycles. The first-order chi connectivity index (χ1) is 9.87. The maximum atomic E-state index is 11.4. The zero-order chi connectivity index (χ0) is 15.5. The molecule has 1 N–H and O–H groups in total. The van der Waals surface area contributed by atoms with Gasteiger partial charge in [0.1, 0.15) is 12.4 Å². The quantitative estimate of drug-likeness (QED) is 0.776. The number of rotatable bonds is 6. The van der Waals surface area contributed by atoms with Gasteiger partial charge in [-0.05, 0) is 36.1 Å². The summed E-state index contributed by atoms with van der Waals surface area (Å²) in [6, 6.07) is 6.10. The van der Waals surface area contributed by atoms with E-state index in [1.807, 2.05) is 12.1 Å². The second-order valence-electron chi connectivity index (χ2n) is 5.74. The van der Waals surface area contributed by atoms with Gasteiger partial charge in [0.25, 0.3) is 0 Å². The van der Waals surface area contributed by atoms with Crippen molar-refractivity contribution in [3.8, 4) is 5.75 Å². The Hall–Kier alpha value is -0.590. The Bertz CT molecular complexity index is 587. The molecule has 0 spiro atoms. The van der Waals surface area contributed by atoms with E-state index in [4.69, 9.17) is 4.74 Å². The van der Waals surface area contributed by atoms with Crippen LogP contribution in [-0.2, 0) is 9.84 Å². The first-order valence-corrected chi connectivity index (χ1v) is 9.85. The molecule has 0 aromatic heterocycles. The molecule has 0 bridgehead atoms. The van der Waals surface area contributed by atoms with Crippen LogP contribution in [-0.4, -0.2) is 39.1 Å². The molecule has 1 unspecified atom stereocenters. The number of benzene rings is 1. The van der Waals surface area contributed by atoms with Crippen molar-refractivity contribution in [2.75, 3.05) is 24.7 Å². The Morgan fingerprint density at radius 2 is 2.19 bits per heavy atom. The van der Waals surface area contributed by atoms with Crippen molar-refractivity contribution in [2.24, 2.45) is 0 Å². The lowest BCUT2D eigenvalue weighted by Crippen LogP contribution is -2.33. The molecule has 118 valence electrons. The fourth-order valence-corrected chi connectivity index (χ4v) is 4.57. The van der Waals surface area contributed by atoms with Crippen LogP contribution in [0.5, 0.6) is 5.75 Å². The molecular formula is C15H22BrNO3S. The second-order valence-corrected chi connectivity index (χ2v) is 8.88. The lowest BCUT2D eigenvalue weighted by molar-refractivity contribution is 0.303. The van der Waals surface area contributed by atoms with E-state index in [9.17, 15) is 8.42 Å². The monoisotopic (exact) mass is 375 g/mol. The minimum absolute atomic E-state index is 0.0769. The third-order valence-corrected chi connectivity index (χ3v) is 5.88. The van der Waals surface area contributed by atoms with Crippen LogP contribution in [0.25, 0.3) is 0 Å². The van der Waals surface area contributed by atoms with Gasteiger partial charge >= 0.3 is 0 Å². The number of sulfone groups is 1. The molecular weight excluding hydrogens is 354 g/mol. The number of hydrogen-bond acceptors (Lipinski definition) is 4. The molecule has 0 amide bonds. The van der Waals surface area contributed by atoms with Gasteiger partial charge in [0.2, 0.25) is 0 Å². The molecule has 0 aliphatic carbocycles. The zero-order valence-corrected chi connectivity index (χ0v) is 14.8. The average Bonchev–Trinajstić information content (AvgIpc) is 2.75. The van der Waals surface area contributed by atoms with Gasteiger partial charge in [-0.2, -0.15) is 0 Å².